The molecule has 0 fully saturated rings. The van der Waals surface area contributed by atoms with Gasteiger partial charge in [-0.25, -0.2) is 15.1 Å². The Morgan fingerprint density at radius 2 is 1.88 bits per heavy atom. The number of amides is 2. The van der Waals surface area contributed by atoms with E-state index in [-0.39, 0.29) is 19.4 Å². The molecular formula is C8H13F3N2O4. The van der Waals surface area contributed by atoms with Crippen molar-refractivity contribution in [1.29, 1.82) is 0 Å². The molecule has 6 nitrogen and oxygen atoms in total. The first kappa shape index (κ1) is 15.5. The predicted octanol–water partition coefficient (Wildman–Crippen LogP) is 1.03. The predicted molar refractivity (Wildman–Crippen MR) is 50.0 cm³/mol. The molecular weight excluding hydrogens is 245 g/mol. The zero-order valence-electron chi connectivity index (χ0n) is 8.84. The Morgan fingerprint density at radius 1 is 1.24 bits per heavy atom. The maximum atomic E-state index is 11.7. The molecule has 0 aliphatic rings. The van der Waals surface area contributed by atoms with E-state index in [9.17, 15) is 22.8 Å². The zero-order chi connectivity index (χ0) is 13.3. The van der Waals surface area contributed by atoms with Gasteiger partial charge in [0.25, 0.3) is 0 Å². The molecule has 17 heavy (non-hydrogen) atoms. The third-order valence-electron chi connectivity index (χ3n) is 1.53. The molecule has 0 atom stereocenters. The van der Waals surface area contributed by atoms with Gasteiger partial charge in [0.1, 0.15) is 0 Å². The van der Waals surface area contributed by atoms with Crippen LogP contribution in [0.4, 0.5) is 18.0 Å². The van der Waals surface area contributed by atoms with Gasteiger partial charge in [-0.1, -0.05) is 0 Å². The summed E-state index contributed by atoms with van der Waals surface area (Å²) < 4.78 is 35.1. The van der Waals surface area contributed by atoms with Crippen LogP contribution in [0.1, 0.15) is 19.3 Å². The minimum Gasteiger partial charge on any atom is -0.479 e. The molecule has 0 bridgehead atoms. The molecule has 0 aliphatic carbocycles. The number of carbonyl (C=O) groups is 2. The van der Waals surface area contributed by atoms with Crippen molar-refractivity contribution in [2.45, 2.75) is 25.4 Å². The molecule has 0 heterocycles. The highest BCUT2D eigenvalue weighted by molar-refractivity contribution is 5.73. The summed E-state index contributed by atoms with van der Waals surface area (Å²) in [6.07, 6.45) is -5.00. The van der Waals surface area contributed by atoms with Gasteiger partial charge < -0.3 is 10.4 Å². The Balaban J connectivity index is 3.37. The molecule has 0 rings (SSSR count). The summed E-state index contributed by atoms with van der Waals surface area (Å²) in [5.41, 5.74) is 1.77. The van der Waals surface area contributed by atoms with E-state index in [2.05, 4.69) is 10.2 Å². The number of nitrogens with one attached hydrogen (secondary N) is 2. The SMILES string of the molecule is O=C(O)CONC(=O)NCCCCC(F)(F)F. The number of alkyl halides is 3. The van der Waals surface area contributed by atoms with Gasteiger partial charge in [0.05, 0.1) is 0 Å². The second-order valence-corrected chi connectivity index (χ2v) is 3.11. The fourth-order valence-corrected chi connectivity index (χ4v) is 0.852. The fourth-order valence-electron chi connectivity index (χ4n) is 0.852. The van der Waals surface area contributed by atoms with Crippen molar-refractivity contribution in [2.24, 2.45) is 0 Å². The van der Waals surface area contributed by atoms with Crippen molar-refractivity contribution < 1.29 is 32.7 Å². The maximum absolute atomic E-state index is 11.7. The molecule has 9 heteroatoms. The van der Waals surface area contributed by atoms with Crippen LogP contribution >= 0.6 is 0 Å². The Bertz CT molecular complexity index is 258. The topological polar surface area (TPSA) is 87.7 Å². The van der Waals surface area contributed by atoms with Gasteiger partial charge in [-0.05, 0) is 12.8 Å². The minimum absolute atomic E-state index is 0.0539. The average molecular weight is 258 g/mol. The van der Waals surface area contributed by atoms with E-state index in [0.717, 1.165) is 0 Å². The summed E-state index contributed by atoms with van der Waals surface area (Å²) in [6.45, 7) is -0.639. The lowest BCUT2D eigenvalue weighted by Crippen LogP contribution is -2.37. The summed E-state index contributed by atoms with van der Waals surface area (Å²) >= 11 is 0. The van der Waals surface area contributed by atoms with Gasteiger partial charge in [0.15, 0.2) is 6.61 Å². The van der Waals surface area contributed by atoms with Crippen LogP contribution in [0, 0.1) is 0 Å². The number of halogens is 3. The summed E-state index contributed by atoms with van der Waals surface area (Å²) in [6, 6.07) is -0.793. The van der Waals surface area contributed by atoms with Crippen molar-refractivity contribution in [1.82, 2.24) is 10.8 Å². The first-order valence-corrected chi connectivity index (χ1v) is 4.75. The number of carbonyl (C=O) groups excluding carboxylic acids is 1. The van der Waals surface area contributed by atoms with E-state index in [1.165, 1.54) is 0 Å². The summed E-state index contributed by atoms with van der Waals surface area (Å²) in [5.74, 6) is -1.25. The normalized spacial score (nSPS) is 11.0. The lowest BCUT2D eigenvalue weighted by Gasteiger charge is -2.07. The van der Waals surface area contributed by atoms with Gasteiger partial charge in [-0.15, -0.1) is 0 Å². The van der Waals surface area contributed by atoms with Gasteiger partial charge >= 0.3 is 18.2 Å². The van der Waals surface area contributed by atoms with E-state index in [0.29, 0.717) is 0 Å². The summed E-state index contributed by atoms with van der Waals surface area (Å²) in [5, 5.41) is 10.4. The van der Waals surface area contributed by atoms with Gasteiger partial charge in [-0.2, -0.15) is 13.2 Å². The van der Waals surface area contributed by atoms with Crippen LogP contribution in [-0.4, -0.2) is 36.4 Å². The number of hydrogen-bond donors (Lipinski definition) is 3. The molecule has 2 amide bonds. The number of unbranched alkanes of at least 4 members (excludes halogenated alkanes) is 1. The molecule has 100 valence electrons. The first-order chi connectivity index (χ1) is 7.81. The fraction of sp³-hybridized carbons (Fsp3) is 0.750. The van der Waals surface area contributed by atoms with E-state index in [1.54, 1.807) is 5.48 Å². The maximum Gasteiger partial charge on any atom is 0.389 e. The standard InChI is InChI=1S/C8H13F3N2O4/c9-8(10,11)3-1-2-4-12-7(16)13-17-5-6(14)15/h1-5H2,(H,14,15)(H2,12,13,16). The highest BCUT2D eigenvalue weighted by Crippen LogP contribution is 2.21. The molecule has 0 radical (unpaired) electrons. The van der Waals surface area contributed by atoms with Crippen LogP contribution in [-0.2, 0) is 9.63 Å². The number of urea groups is 1. The third kappa shape index (κ3) is 12.4. The number of carboxylic acid groups (broad SMARTS) is 1. The van der Waals surface area contributed by atoms with E-state index >= 15 is 0 Å². The second kappa shape index (κ2) is 7.71. The van der Waals surface area contributed by atoms with E-state index < -0.39 is 31.2 Å². The number of hydroxylamine groups is 1. The van der Waals surface area contributed by atoms with Gasteiger partial charge in [-0.3, -0.25) is 4.84 Å². The molecule has 3 N–H and O–H groups in total. The smallest absolute Gasteiger partial charge is 0.389 e. The van der Waals surface area contributed by atoms with Gasteiger partial charge in [0.2, 0.25) is 0 Å². The monoisotopic (exact) mass is 258 g/mol. The number of carboxylic acids is 1. The van der Waals surface area contributed by atoms with Crippen LogP contribution < -0.4 is 10.8 Å². The molecule has 0 saturated heterocycles. The third-order valence-corrected chi connectivity index (χ3v) is 1.53. The number of hydrogen-bond acceptors (Lipinski definition) is 3. The quantitative estimate of drug-likeness (QED) is 0.470. The van der Waals surface area contributed by atoms with Crippen molar-refractivity contribution in [2.75, 3.05) is 13.2 Å². The minimum atomic E-state index is -4.19. The lowest BCUT2D eigenvalue weighted by molar-refractivity contribution is -0.144. The molecule has 0 aromatic rings. The average Bonchev–Trinajstić information content (AvgIpc) is 2.14. The highest BCUT2D eigenvalue weighted by atomic mass is 19.4. The second-order valence-electron chi connectivity index (χ2n) is 3.11. The Labute approximate surface area is 95.1 Å². The number of rotatable bonds is 7. The van der Waals surface area contributed by atoms with Crippen LogP contribution in [0.2, 0.25) is 0 Å². The Morgan fingerprint density at radius 3 is 2.41 bits per heavy atom. The van der Waals surface area contributed by atoms with Gasteiger partial charge in [0, 0.05) is 13.0 Å². The molecule has 0 aromatic carbocycles. The van der Waals surface area contributed by atoms with Crippen molar-refractivity contribution in [3.05, 3.63) is 0 Å². The van der Waals surface area contributed by atoms with Crippen LogP contribution in [0.15, 0.2) is 0 Å². The Hall–Kier alpha value is -1.51. The van der Waals surface area contributed by atoms with E-state index in [4.69, 9.17) is 5.11 Å². The molecule has 0 aliphatic heterocycles. The Kier molecular flexibility index (Phi) is 7.03. The van der Waals surface area contributed by atoms with Crippen molar-refractivity contribution in [3.8, 4) is 0 Å². The molecule has 0 aromatic heterocycles. The lowest BCUT2D eigenvalue weighted by atomic mass is 10.2. The van der Waals surface area contributed by atoms with Crippen LogP contribution in [0.3, 0.4) is 0 Å². The largest absolute Gasteiger partial charge is 0.479 e. The summed E-state index contributed by atoms with van der Waals surface area (Å²) in [7, 11) is 0. The van der Waals surface area contributed by atoms with Crippen LogP contribution in [0.5, 0.6) is 0 Å². The molecule has 0 saturated carbocycles. The van der Waals surface area contributed by atoms with E-state index in [1.807, 2.05) is 0 Å². The van der Waals surface area contributed by atoms with Crippen molar-refractivity contribution in [3.63, 3.8) is 0 Å². The molecule has 0 unspecified atom stereocenters. The van der Waals surface area contributed by atoms with Crippen LogP contribution in [0.25, 0.3) is 0 Å². The summed E-state index contributed by atoms with van der Waals surface area (Å²) in [4.78, 5) is 25.0. The highest BCUT2D eigenvalue weighted by Gasteiger charge is 2.25. The molecule has 0 spiro atoms. The number of aliphatic carboxylic acids is 1. The van der Waals surface area contributed by atoms with Crippen molar-refractivity contribution >= 4 is 12.0 Å². The zero-order valence-corrected chi connectivity index (χ0v) is 8.84. The first-order valence-electron chi connectivity index (χ1n) is 4.75.